The van der Waals surface area contributed by atoms with Crippen molar-refractivity contribution in [2.24, 2.45) is 0 Å². The van der Waals surface area contributed by atoms with E-state index in [1.807, 2.05) is 6.92 Å². The monoisotopic (exact) mass is 306 g/mol. The first-order chi connectivity index (χ1) is 9.88. The van der Waals surface area contributed by atoms with E-state index in [1.54, 1.807) is 31.3 Å². The number of nitrogens with zero attached hydrogens (tertiary/aromatic N) is 1. The van der Waals surface area contributed by atoms with Gasteiger partial charge in [-0.3, -0.25) is 4.79 Å². The van der Waals surface area contributed by atoms with E-state index in [0.717, 1.165) is 11.1 Å². The quantitative estimate of drug-likeness (QED) is 0.880. The highest BCUT2D eigenvalue weighted by Crippen LogP contribution is 2.21. The van der Waals surface area contributed by atoms with E-state index in [1.165, 1.54) is 17.0 Å². The molecule has 110 valence electrons. The number of carbonyl (C=O) groups excluding carboxylic acids is 1. The lowest BCUT2D eigenvalue weighted by Crippen LogP contribution is -2.27. The van der Waals surface area contributed by atoms with Crippen molar-refractivity contribution in [3.8, 4) is 0 Å². The van der Waals surface area contributed by atoms with Crippen molar-refractivity contribution >= 4 is 23.2 Å². The molecule has 2 aromatic rings. The summed E-state index contributed by atoms with van der Waals surface area (Å²) in [6.45, 7) is 2.07. The maximum Gasteiger partial charge on any atom is 0.256 e. The summed E-state index contributed by atoms with van der Waals surface area (Å²) >= 11 is 6.08. The lowest BCUT2D eigenvalue weighted by Gasteiger charge is -2.19. The summed E-state index contributed by atoms with van der Waals surface area (Å²) in [7, 11) is 1.60. The number of benzene rings is 2. The lowest BCUT2D eigenvalue weighted by atomic mass is 10.1. The predicted octanol–water partition coefficient (Wildman–Crippen LogP) is 3.64. The van der Waals surface area contributed by atoms with E-state index in [9.17, 15) is 9.18 Å². The third kappa shape index (κ3) is 3.52. The summed E-state index contributed by atoms with van der Waals surface area (Å²) in [4.78, 5) is 13.7. The number of nitrogens with two attached hydrogens (primary N) is 1. The zero-order chi connectivity index (χ0) is 15.6. The van der Waals surface area contributed by atoms with E-state index in [4.69, 9.17) is 17.3 Å². The molecule has 21 heavy (non-hydrogen) atoms. The normalized spacial score (nSPS) is 10.5. The zero-order valence-corrected chi connectivity index (χ0v) is 12.6. The van der Waals surface area contributed by atoms with E-state index in [-0.39, 0.29) is 12.1 Å². The second-order valence-corrected chi connectivity index (χ2v) is 5.40. The van der Waals surface area contributed by atoms with Crippen molar-refractivity contribution in [3.63, 3.8) is 0 Å². The van der Waals surface area contributed by atoms with Crippen LogP contribution in [0.2, 0.25) is 5.02 Å². The van der Waals surface area contributed by atoms with Gasteiger partial charge in [-0.15, -0.1) is 0 Å². The molecule has 0 fully saturated rings. The second kappa shape index (κ2) is 6.14. The molecule has 0 heterocycles. The van der Waals surface area contributed by atoms with Crippen LogP contribution in [0, 0.1) is 12.7 Å². The summed E-state index contributed by atoms with van der Waals surface area (Å²) in [5, 5.41) is 0.522. The Hall–Kier alpha value is -2.07. The van der Waals surface area contributed by atoms with Gasteiger partial charge in [0.2, 0.25) is 0 Å². The Balaban J connectivity index is 2.23. The van der Waals surface area contributed by atoms with Crippen LogP contribution >= 0.6 is 11.6 Å². The van der Waals surface area contributed by atoms with E-state index in [2.05, 4.69) is 0 Å². The van der Waals surface area contributed by atoms with E-state index >= 15 is 0 Å². The first-order valence-corrected chi connectivity index (χ1v) is 6.82. The Morgan fingerprint density at radius 2 is 2.00 bits per heavy atom. The molecule has 0 aliphatic carbocycles. The van der Waals surface area contributed by atoms with Crippen molar-refractivity contribution in [1.82, 2.24) is 4.90 Å². The van der Waals surface area contributed by atoms with Crippen molar-refractivity contribution in [3.05, 3.63) is 63.9 Å². The molecule has 5 heteroatoms. The number of carbonyl (C=O) groups is 1. The molecule has 2 aromatic carbocycles. The van der Waals surface area contributed by atoms with Crippen LogP contribution in [-0.4, -0.2) is 17.9 Å². The summed E-state index contributed by atoms with van der Waals surface area (Å²) in [6.07, 6.45) is 0. The number of nitrogen functional groups attached to an aromatic ring is 1. The Morgan fingerprint density at radius 1 is 1.29 bits per heavy atom. The summed E-state index contributed by atoms with van der Waals surface area (Å²) < 4.78 is 13.8. The van der Waals surface area contributed by atoms with Crippen LogP contribution < -0.4 is 5.73 Å². The minimum Gasteiger partial charge on any atom is -0.399 e. The minimum atomic E-state index is -0.531. The molecule has 0 aromatic heterocycles. The van der Waals surface area contributed by atoms with Gasteiger partial charge in [-0.2, -0.15) is 0 Å². The van der Waals surface area contributed by atoms with E-state index in [0.29, 0.717) is 10.7 Å². The first kappa shape index (κ1) is 15.3. The maximum atomic E-state index is 13.8. The van der Waals surface area contributed by atoms with Crippen LogP contribution in [0.25, 0.3) is 0 Å². The lowest BCUT2D eigenvalue weighted by molar-refractivity contribution is 0.0780. The number of hydrogen-bond donors (Lipinski definition) is 1. The van der Waals surface area contributed by atoms with Gasteiger partial charge in [-0.1, -0.05) is 23.2 Å². The highest BCUT2D eigenvalue weighted by Gasteiger charge is 2.17. The van der Waals surface area contributed by atoms with Crippen LogP contribution in [-0.2, 0) is 6.54 Å². The predicted molar refractivity (Wildman–Crippen MR) is 82.8 cm³/mol. The fraction of sp³-hybridized carbons (Fsp3) is 0.188. The summed E-state index contributed by atoms with van der Waals surface area (Å²) in [5.41, 5.74) is 7.88. The molecule has 0 aliphatic rings. The maximum absolute atomic E-state index is 13.8. The van der Waals surface area contributed by atoms with Crippen molar-refractivity contribution in [2.75, 3.05) is 12.8 Å². The average Bonchev–Trinajstić information content (AvgIpc) is 2.44. The van der Waals surface area contributed by atoms with Gasteiger partial charge in [0.05, 0.1) is 5.56 Å². The molecule has 0 atom stereocenters. The fourth-order valence-electron chi connectivity index (χ4n) is 2.05. The number of hydrogen-bond acceptors (Lipinski definition) is 2. The molecule has 0 aliphatic heterocycles. The summed E-state index contributed by atoms with van der Waals surface area (Å²) in [5.74, 6) is -0.925. The number of rotatable bonds is 3. The Labute approximate surface area is 128 Å². The topological polar surface area (TPSA) is 46.3 Å². The Morgan fingerprint density at radius 3 is 2.71 bits per heavy atom. The Kier molecular flexibility index (Phi) is 4.48. The fourth-order valence-corrected chi connectivity index (χ4v) is 2.23. The van der Waals surface area contributed by atoms with Crippen LogP contribution in [0.1, 0.15) is 21.5 Å². The molecular formula is C16H16ClFN2O. The second-order valence-electron chi connectivity index (χ2n) is 5.00. The Bertz CT molecular complexity index is 688. The minimum absolute atomic E-state index is 0.0533. The van der Waals surface area contributed by atoms with Gasteiger partial charge in [0.1, 0.15) is 5.82 Å². The largest absolute Gasteiger partial charge is 0.399 e. The van der Waals surface area contributed by atoms with E-state index < -0.39 is 11.7 Å². The molecular weight excluding hydrogens is 291 g/mol. The molecule has 2 rings (SSSR count). The molecule has 2 N–H and O–H groups in total. The first-order valence-electron chi connectivity index (χ1n) is 6.44. The third-order valence-corrected chi connectivity index (χ3v) is 3.54. The molecule has 0 unspecified atom stereocenters. The van der Waals surface area contributed by atoms with Crippen LogP contribution in [0.3, 0.4) is 0 Å². The average molecular weight is 307 g/mol. The number of anilines is 1. The van der Waals surface area contributed by atoms with Gasteiger partial charge < -0.3 is 10.6 Å². The molecule has 0 saturated heterocycles. The van der Waals surface area contributed by atoms with Crippen LogP contribution in [0.5, 0.6) is 0 Å². The number of halogens is 2. The van der Waals surface area contributed by atoms with Gasteiger partial charge in [-0.05, 0) is 42.8 Å². The third-order valence-electron chi connectivity index (χ3n) is 3.18. The smallest absolute Gasteiger partial charge is 0.256 e. The summed E-state index contributed by atoms with van der Waals surface area (Å²) in [6, 6.07) is 9.53. The highest BCUT2D eigenvalue weighted by atomic mass is 35.5. The van der Waals surface area contributed by atoms with Gasteiger partial charge in [-0.25, -0.2) is 4.39 Å². The zero-order valence-electron chi connectivity index (χ0n) is 11.9. The van der Waals surface area contributed by atoms with Gasteiger partial charge in [0, 0.05) is 24.3 Å². The van der Waals surface area contributed by atoms with Crippen molar-refractivity contribution in [2.45, 2.75) is 13.5 Å². The number of aryl methyl sites for hydroxylation is 1. The molecule has 3 nitrogen and oxygen atoms in total. The van der Waals surface area contributed by atoms with Crippen LogP contribution in [0.15, 0.2) is 36.4 Å². The molecule has 0 bridgehead atoms. The molecule has 1 amide bonds. The van der Waals surface area contributed by atoms with Gasteiger partial charge in [0.25, 0.3) is 5.91 Å². The van der Waals surface area contributed by atoms with Gasteiger partial charge in [0.15, 0.2) is 0 Å². The highest BCUT2D eigenvalue weighted by molar-refractivity contribution is 6.31. The number of amides is 1. The molecule has 0 radical (unpaired) electrons. The SMILES string of the molecule is Cc1ccc(F)c(C(=O)N(C)Cc2cc(N)ccc2Cl)c1. The molecule has 0 saturated carbocycles. The van der Waals surface area contributed by atoms with Gasteiger partial charge >= 0.3 is 0 Å². The van der Waals surface area contributed by atoms with Crippen LogP contribution in [0.4, 0.5) is 10.1 Å². The standard InChI is InChI=1S/C16H16ClFN2O/c1-10-3-6-15(18)13(7-10)16(21)20(2)9-11-8-12(19)4-5-14(11)17/h3-8H,9,19H2,1-2H3. The molecule has 0 spiro atoms. The van der Waals surface area contributed by atoms with Crippen molar-refractivity contribution < 1.29 is 9.18 Å². The van der Waals surface area contributed by atoms with Crippen molar-refractivity contribution in [1.29, 1.82) is 0 Å².